The van der Waals surface area contributed by atoms with E-state index in [-0.39, 0.29) is 12.0 Å². The Morgan fingerprint density at radius 3 is 3.00 bits per heavy atom. The minimum Gasteiger partial charge on any atom is -0.368 e. The molecule has 2 aliphatic rings. The summed E-state index contributed by atoms with van der Waals surface area (Å²) >= 11 is 0. The zero-order chi connectivity index (χ0) is 9.26. The predicted molar refractivity (Wildman–Crippen MR) is 49.3 cm³/mol. The van der Waals surface area contributed by atoms with E-state index in [1.165, 1.54) is 6.42 Å². The summed E-state index contributed by atoms with van der Waals surface area (Å²) in [7, 11) is 0. The molecule has 3 heteroatoms. The first kappa shape index (κ1) is 9.00. The number of rotatable bonds is 3. The molecule has 3 atom stereocenters. The van der Waals surface area contributed by atoms with Crippen LogP contribution in [0.15, 0.2) is 0 Å². The number of hydrogen-bond donors (Lipinski definition) is 1. The summed E-state index contributed by atoms with van der Waals surface area (Å²) in [5.41, 5.74) is 0. The topological polar surface area (TPSA) is 38.3 Å². The van der Waals surface area contributed by atoms with Crippen molar-refractivity contribution in [2.45, 2.75) is 44.8 Å². The first-order valence-corrected chi connectivity index (χ1v) is 5.23. The van der Waals surface area contributed by atoms with Crippen LogP contribution in [0.5, 0.6) is 0 Å². The first-order chi connectivity index (χ1) is 6.31. The van der Waals surface area contributed by atoms with Crippen LogP contribution in [0.3, 0.4) is 0 Å². The molecule has 0 aromatic heterocycles. The molecule has 1 aliphatic heterocycles. The lowest BCUT2D eigenvalue weighted by molar-refractivity contribution is -0.130. The molecule has 0 aromatic carbocycles. The van der Waals surface area contributed by atoms with E-state index >= 15 is 0 Å². The average molecular weight is 183 g/mol. The smallest absolute Gasteiger partial charge is 0.249 e. The highest BCUT2D eigenvalue weighted by Crippen LogP contribution is 2.33. The zero-order valence-electron chi connectivity index (χ0n) is 8.08. The van der Waals surface area contributed by atoms with Gasteiger partial charge in [0.25, 0.3) is 0 Å². The van der Waals surface area contributed by atoms with Gasteiger partial charge < -0.3 is 10.1 Å². The minimum absolute atomic E-state index is 0.110. The number of amides is 1. The first-order valence-electron chi connectivity index (χ1n) is 5.23. The van der Waals surface area contributed by atoms with Gasteiger partial charge in [0.1, 0.15) is 6.10 Å². The van der Waals surface area contributed by atoms with Gasteiger partial charge >= 0.3 is 0 Å². The Morgan fingerprint density at radius 1 is 1.62 bits per heavy atom. The highest BCUT2D eigenvalue weighted by Gasteiger charge is 2.38. The third-order valence-electron chi connectivity index (χ3n) is 3.00. The number of hydrogen-bond acceptors (Lipinski definition) is 2. The van der Waals surface area contributed by atoms with Crippen molar-refractivity contribution in [1.82, 2.24) is 5.32 Å². The summed E-state index contributed by atoms with van der Waals surface area (Å²) in [6.45, 7) is 2.92. The second-order valence-corrected chi connectivity index (χ2v) is 4.02. The molecular weight excluding hydrogens is 166 g/mol. The molecule has 3 nitrogen and oxygen atoms in total. The Balaban J connectivity index is 1.72. The van der Waals surface area contributed by atoms with Gasteiger partial charge in [-0.05, 0) is 25.2 Å². The lowest BCUT2D eigenvalue weighted by atomic mass is 10.2. The number of nitrogens with one attached hydrogen (secondary N) is 1. The van der Waals surface area contributed by atoms with Crippen molar-refractivity contribution in [3.05, 3.63) is 0 Å². The van der Waals surface area contributed by atoms with E-state index in [9.17, 15) is 4.79 Å². The van der Waals surface area contributed by atoms with Crippen LogP contribution in [0.2, 0.25) is 0 Å². The van der Waals surface area contributed by atoms with Gasteiger partial charge in [0, 0.05) is 12.6 Å². The minimum atomic E-state index is -0.155. The second kappa shape index (κ2) is 3.66. The summed E-state index contributed by atoms with van der Waals surface area (Å²) in [6.07, 6.45) is 4.11. The van der Waals surface area contributed by atoms with E-state index in [4.69, 9.17) is 4.74 Å². The van der Waals surface area contributed by atoms with Crippen molar-refractivity contribution < 1.29 is 9.53 Å². The van der Waals surface area contributed by atoms with Gasteiger partial charge in [-0.15, -0.1) is 0 Å². The fourth-order valence-electron chi connectivity index (χ4n) is 1.94. The second-order valence-electron chi connectivity index (χ2n) is 4.02. The van der Waals surface area contributed by atoms with Crippen LogP contribution in [0.4, 0.5) is 0 Å². The number of carbonyl (C=O) groups is 1. The Morgan fingerprint density at radius 2 is 2.46 bits per heavy atom. The van der Waals surface area contributed by atoms with Crippen LogP contribution in [-0.4, -0.2) is 24.7 Å². The SMILES string of the molecule is CCC1CC1NC(=O)C1CCCO1. The van der Waals surface area contributed by atoms with Gasteiger partial charge in [-0.1, -0.05) is 13.3 Å². The highest BCUT2D eigenvalue weighted by molar-refractivity contribution is 5.81. The van der Waals surface area contributed by atoms with Crippen LogP contribution < -0.4 is 5.32 Å². The Kier molecular flexibility index (Phi) is 2.54. The van der Waals surface area contributed by atoms with Crippen molar-refractivity contribution in [1.29, 1.82) is 0 Å². The van der Waals surface area contributed by atoms with Gasteiger partial charge in [-0.2, -0.15) is 0 Å². The molecule has 0 spiro atoms. The van der Waals surface area contributed by atoms with Crippen molar-refractivity contribution in [3.63, 3.8) is 0 Å². The van der Waals surface area contributed by atoms with Crippen molar-refractivity contribution in [3.8, 4) is 0 Å². The fraction of sp³-hybridized carbons (Fsp3) is 0.900. The molecule has 74 valence electrons. The quantitative estimate of drug-likeness (QED) is 0.711. The van der Waals surface area contributed by atoms with Crippen LogP contribution in [0.1, 0.15) is 32.6 Å². The summed E-state index contributed by atoms with van der Waals surface area (Å²) in [6, 6.07) is 0.446. The molecule has 1 heterocycles. The molecule has 3 unspecified atom stereocenters. The summed E-state index contributed by atoms with van der Waals surface area (Å²) in [5.74, 6) is 0.837. The molecule has 1 saturated carbocycles. The summed E-state index contributed by atoms with van der Waals surface area (Å²) in [5, 5.41) is 3.03. The maximum atomic E-state index is 11.5. The third kappa shape index (κ3) is 2.02. The maximum Gasteiger partial charge on any atom is 0.249 e. The van der Waals surface area contributed by atoms with Gasteiger partial charge in [0.2, 0.25) is 5.91 Å². The maximum absolute atomic E-state index is 11.5. The van der Waals surface area contributed by atoms with Crippen LogP contribution in [0.25, 0.3) is 0 Å². The van der Waals surface area contributed by atoms with Gasteiger partial charge in [-0.25, -0.2) is 0 Å². The molecule has 1 saturated heterocycles. The lowest BCUT2D eigenvalue weighted by Gasteiger charge is -2.09. The van der Waals surface area contributed by atoms with Crippen LogP contribution in [-0.2, 0) is 9.53 Å². The fourth-order valence-corrected chi connectivity index (χ4v) is 1.94. The molecule has 1 amide bonds. The van der Waals surface area contributed by atoms with Gasteiger partial charge in [-0.3, -0.25) is 4.79 Å². The Hall–Kier alpha value is -0.570. The predicted octanol–water partition coefficient (Wildman–Crippen LogP) is 1.08. The molecular formula is C10H17NO2. The number of ether oxygens (including phenoxy) is 1. The average Bonchev–Trinajstić information content (AvgIpc) is 2.68. The molecule has 1 N–H and O–H groups in total. The van der Waals surface area contributed by atoms with Crippen molar-refractivity contribution in [2.75, 3.05) is 6.61 Å². The van der Waals surface area contributed by atoms with E-state index in [1.54, 1.807) is 0 Å². The monoisotopic (exact) mass is 183 g/mol. The lowest BCUT2D eigenvalue weighted by Crippen LogP contribution is -2.36. The number of carbonyl (C=O) groups excluding carboxylic acids is 1. The van der Waals surface area contributed by atoms with Gasteiger partial charge in [0.15, 0.2) is 0 Å². The van der Waals surface area contributed by atoms with E-state index in [1.807, 2.05) is 0 Å². The largest absolute Gasteiger partial charge is 0.368 e. The molecule has 0 aromatic rings. The Labute approximate surface area is 78.8 Å². The molecule has 0 bridgehead atoms. The molecule has 2 rings (SSSR count). The summed E-state index contributed by atoms with van der Waals surface area (Å²) < 4.78 is 5.30. The molecule has 2 fully saturated rings. The third-order valence-corrected chi connectivity index (χ3v) is 3.00. The van der Waals surface area contributed by atoms with E-state index < -0.39 is 0 Å². The highest BCUT2D eigenvalue weighted by atomic mass is 16.5. The van der Waals surface area contributed by atoms with Crippen LogP contribution >= 0.6 is 0 Å². The molecule has 1 aliphatic carbocycles. The van der Waals surface area contributed by atoms with E-state index in [2.05, 4.69) is 12.2 Å². The van der Waals surface area contributed by atoms with Crippen LogP contribution in [0, 0.1) is 5.92 Å². The van der Waals surface area contributed by atoms with Gasteiger partial charge in [0.05, 0.1) is 0 Å². The molecule has 13 heavy (non-hydrogen) atoms. The van der Waals surface area contributed by atoms with E-state index in [0.717, 1.165) is 31.8 Å². The van der Waals surface area contributed by atoms with Crippen molar-refractivity contribution >= 4 is 5.91 Å². The molecule has 0 radical (unpaired) electrons. The van der Waals surface area contributed by atoms with E-state index in [0.29, 0.717) is 6.04 Å². The van der Waals surface area contributed by atoms with Crippen molar-refractivity contribution in [2.24, 2.45) is 5.92 Å². The zero-order valence-corrected chi connectivity index (χ0v) is 8.08. The Bertz CT molecular complexity index is 199. The summed E-state index contributed by atoms with van der Waals surface area (Å²) in [4.78, 5) is 11.5. The normalized spacial score (nSPS) is 37.5. The standard InChI is InChI=1S/C10H17NO2/c1-2-7-6-8(7)11-10(12)9-4-3-5-13-9/h7-9H,2-6H2,1H3,(H,11,12).